The predicted octanol–water partition coefficient (Wildman–Crippen LogP) is 8.28. The fourth-order valence-corrected chi connectivity index (χ4v) is 2.21. The number of hydrogen-bond donors (Lipinski definition) is 0. The van der Waals surface area contributed by atoms with Gasteiger partial charge in [0, 0.05) is 18.4 Å². The summed E-state index contributed by atoms with van der Waals surface area (Å²) in [6, 6.07) is 19.8. The molecule has 0 radical (unpaired) electrons. The Morgan fingerprint density at radius 2 is 0.750 bits per heavy atom. The summed E-state index contributed by atoms with van der Waals surface area (Å²) in [6.07, 6.45) is 0. The van der Waals surface area contributed by atoms with Crippen LogP contribution in [0.2, 0.25) is 5.02 Å². The molecular formula is C18H12Br3ClF2. The zero-order valence-corrected chi connectivity index (χ0v) is 17.7. The fourth-order valence-electron chi connectivity index (χ4n) is 1.29. The van der Waals surface area contributed by atoms with Crippen LogP contribution in [0.4, 0.5) is 8.78 Å². The molecular weight excluding hydrogens is 529 g/mol. The lowest BCUT2D eigenvalue weighted by Gasteiger charge is -1.86. The summed E-state index contributed by atoms with van der Waals surface area (Å²) in [5.74, 6) is -0.821. The Hall–Kier alpha value is -0.750. The first-order valence-electron chi connectivity index (χ1n) is 6.60. The monoisotopic (exact) mass is 538 g/mol. The standard InChI is InChI=1S/C6H4Br2.C6H4BrCl.C6H4F2/c7-5-1-2-6(8)4-3-5;7-5-1-3-6(8)4-2-5;7-5-1-2-6(8)4-3-5/h3*1-4H. The van der Waals surface area contributed by atoms with Crippen LogP contribution in [-0.2, 0) is 0 Å². The van der Waals surface area contributed by atoms with Gasteiger partial charge >= 0.3 is 0 Å². The Morgan fingerprint density at radius 3 is 1.00 bits per heavy atom. The molecule has 0 atom stereocenters. The van der Waals surface area contributed by atoms with Crippen LogP contribution in [-0.4, -0.2) is 0 Å². The third-order valence-corrected chi connectivity index (χ3v) is 4.25. The van der Waals surface area contributed by atoms with Crippen molar-refractivity contribution in [1.82, 2.24) is 0 Å². The third-order valence-electron chi connectivity index (χ3n) is 2.41. The van der Waals surface area contributed by atoms with Gasteiger partial charge in [0.1, 0.15) is 11.6 Å². The molecule has 126 valence electrons. The average Bonchev–Trinajstić information content (AvgIpc) is 2.57. The Bertz CT molecular complexity index is 548. The number of halogens is 6. The zero-order valence-electron chi connectivity index (χ0n) is 12.2. The van der Waals surface area contributed by atoms with Gasteiger partial charge in [-0.05, 0) is 72.8 Å². The predicted molar refractivity (Wildman–Crippen MR) is 107 cm³/mol. The second kappa shape index (κ2) is 11.7. The van der Waals surface area contributed by atoms with Crippen LogP contribution >= 0.6 is 59.4 Å². The molecule has 3 aromatic rings. The molecule has 0 aliphatic carbocycles. The number of benzene rings is 3. The van der Waals surface area contributed by atoms with E-state index in [0.29, 0.717) is 0 Å². The van der Waals surface area contributed by atoms with E-state index in [1.54, 1.807) is 0 Å². The maximum absolute atomic E-state index is 11.9. The Balaban J connectivity index is 0.000000180. The second-order valence-electron chi connectivity index (χ2n) is 4.31. The SMILES string of the molecule is Brc1ccc(Br)cc1.Clc1ccc(Br)cc1.Fc1ccc(F)cc1. The van der Waals surface area contributed by atoms with E-state index in [2.05, 4.69) is 47.8 Å². The molecule has 3 rings (SSSR count). The van der Waals surface area contributed by atoms with E-state index in [0.717, 1.165) is 42.7 Å². The molecule has 24 heavy (non-hydrogen) atoms. The number of rotatable bonds is 0. The van der Waals surface area contributed by atoms with Gasteiger partial charge in [-0.1, -0.05) is 59.4 Å². The van der Waals surface area contributed by atoms with Gasteiger partial charge in [0.25, 0.3) is 0 Å². The minimum Gasteiger partial charge on any atom is -0.207 e. The molecule has 0 aliphatic rings. The summed E-state index contributed by atoms with van der Waals surface area (Å²) in [4.78, 5) is 0. The van der Waals surface area contributed by atoms with Crippen molar-refractivity contribution in [3.8, 4) is 0 Å². The van der Waals surface area contributed by atoms with Crippen LogP contribution in [0, 0.1) is 11.6 Å². The smallest absolute Gasteiger partial charge is 0.123 e. The van der Waals surface area contributed by atoms with Crippen LogP contribution in [0.1, 0.15) is 0 Å². The molecule has 6 heteroatoms. The van der Waals surface area contributed by atoms with Gasteiger partial charge in [0.15, 0.2) is 0 Å². The van der Waals surface area contributed by atoms with Gasteiger partial charge < -0.3 is 0 Å². The maximum atomic E-state index is 11.9. The Morgan fingerprint density at radius 1 is 0.500 bits per heavy atom. The van der Waals surface area contributed by atoms with E-state index in [1.807, 2.05) is 48.5 Å². The third kappa shape index (κ3) is 10.2. The summed E-state index contributed by atoms with van der Waals surface area (Å²) in [7, 11) is 0. The lowest BCUT2D eigenvalue weighted by molar-refractivity contribution is 0.600. The van der Waals surface area contributed by atoms with Crippen molar-refractivity contribution in [2.75, 3.05) is 0 Å². The summed E-state index contributed by atoms with van der Waals surface area (Å²) in [5.41, 5.74) is 0. The highest BCUT2D eigenvalue weighted by Crippen LogP contribution is 2.14. The molecule has 0 N–H and O–H groups in total. The average molecular weight is 541 g/mol. The minimum atomic E-state index is -0.411. The summed E-state index contributed by atoms with van der Waals surface area (Å²) in [5, 5.41) is 0.771. The molecule has 0 spiro atoms. The van der Waals surface area contributed by atoms with Crippen LogP contribution in [0.15, 0.2) is 86.2 Å². The molecule has 0 unspecified atom stereocenters. The van der Waals surface area contributed by atoms with Crippen molar-refractivity contribution in [2.24, 2.45) is 0 Å². The first-order valence-corrected chi connectivity index (χ1v) is 9.35. The molecule has 0 saturated heterocycles. The molecule has 0 saturated carbocycles. The highest BCUT2D eigenvalue weighted by molar-refractivity contribution is 9.11. The fraction of sp³-hybridized carbons (Fsp3) is 0. The van der Waals surface area contributed by atoms with Crippen LogP contribution in [0.5, 0.6) is 0 Å². The Labute approximate surface area is 170 Å². The maximum Gasteiger partial charge on any atom is 0.123 e. The molecule has 0 aromatic heterocycles. The van der Waals surface area contributed by atoms with E-state index in [9.17, 15) is 8.78 Å². The first-order chi connectivity index (χ1) is 11.4. The molecule has 0 amide bonds. The van der Waals surface area contributed by atoms with Crippen molar-refractivity contribution in [3.63, 3.8) is 0 Å². The summed E-state index contributed by atoms with van der Waals surface area (Å²) in [6.45, 7) is 0. The largest absolute Gasteiger partial charge is 0.207 e. The van der Waals surface area contributed by atoms with Gasteiger partial charge in [-0.25, -0.2) is 8.78 Å². The molecule has 0 heterocycles. The lowest BCUT2D eigenvalue weighted by atomic mass is 10.3. The van der Waals surface area contributed by atoms with Crippen molar-refractivity contribution in [2.45, 2.75) is 0 Å². The van der Waals surface area contributed by atoms with Gasteiger partial charge in [0.05, 0.1) is 0 Å². The molecule has 0 bridgehead atoms. The van der Waals surface area contributed by atoms with Gasteiger partial charge in [-0.2, -0.15) is 0 Å². The first kappa shape index (κ1) is 21.3. The van der Waals surface area contributed by atoms with Gasteiger partial charge in [0.2, 0.25) is 0 Å². The lowest BCUT2D eigenvalue weighted by Crippen LogP contribution is -1.72. The van der Waals surface area contributed by atoms with Crippen molar-refractivity contribution in [3.05, 3.63) is 103 Å². The Kier molecular flexibility index (Phi) is 10.4. The zero-order chi connectivity index (χ0) is 17.9. The van der Waals surface area contributed by atoms with Gasteiger partial charge in [-0.15, -0.1) is 0 Å². The van der Waals surface area contributed by atoms with E-state index >= 15 is 0 Å². The minimum absolute atomic E-state index is 0.411. The highest BCUT2D eigenvalue weighted by Gasteiger charge is 1.87. The summed E-state index contributed by atoms with van der Waals surface area (Å²) < 4.78 is 27.1. The van der Waals surface area contributed by atoms with Crippen LogP contribution in [0.3, 0.4) is 0 Å². The second-order valence-corrected chi connectivity index (χ2v) is 7.49. The van der Waals surface area contributed by atoms with E-state index in [-0.39, 0.29) is 0 Å². The summed E-state index contributed by atoms with van der Waals surface area (Å²) >= 11 is 15.5. The van der Waals surface area contributed by atoms with Crippen molar-refractivity contribution in [1.29, 1.82) is 0 Å². The highest BCUT2D eigenvalue weighted by atomic mass is 79.9. The van der Waals surface area contributed by atoms with Crippen molar-refractivity contribution < 1.29 is 8.78 Å². The molecule has 3 aromatic carbocycles. The van der Waals surface area contributed by atoms with E-state index in [4.69, 9.17) is 11.6 Å². The van der Waals surface area contributed by atoms with Crippen molar-refractivity contribution >= 4 is 59.4 Å². The van der Waals surface area contributed by atoms with E-state index < -0.39 is 11.6 Å². The quantitative estimate of drug-likeness (QED) is 0.269. The van der Waals surface area contributed by atoms with Crippen LogP contribution < -0.4 is 0 Å². The number of hydrogen-bond acceptors (Lipinski definition) is 0. The van der Waals surface area contributed by atoms with Crippen LogP contribution in [0.25, 0.3) is 0 Å². The normalized spacial score (nSPS) is 9.25. The molecule has 0 nitrogen and oxygen atoms in total. The molecule has 0 fully saturated rings. The van der Waals surface area contributed by atoms with Gasteiger partial charge in [-0.3, -0.25) is 0 Å². The molecule has 0 aliphatic heterocycles. The van der Waals surface area contributed by atoms with E-state index in [1.165, 1.54) is 0 Å². The topological polar surface area (TPSA) is 0 Å².